The van der Waals surface area contributed by atoms with E-state index in [1.54, 1.807) is 0 Å². The van der Waals surface area contributed by atoms with Crippen LogP contribution in [-0.4, -0.2) is 42.6 Å². The second kappa shape index (κ2) is 9.12. The van der Waals surface area contributed by atoms with Crippen molar-refractivity contribution in [2.75, 3.05) is 0 Å². The number of phenols is 6. The van der Waals surface area contributed by atoms with Crippen LogP contribution in [0.3, 0.4) is 0 Å². The van der Waals surface area contributed by atoms with Crippen molar-refractivity contribution in [3.05, 3.63) is 95.1 Å². The standard InChI is InChI=1S/C30H22O10/c31-15-5-1-13(2-6-15)23-25-19(35)9-17(33)11-21(25)39-29(37)27(23)28-24(14-3-7-16(32)8-4-14)26-20(36)10-18(34)12-22(26)40-30(28)38/h1-12,23-24,27-28,31-36H/t23-,24-,27-,28+/m1/s1. The Kier molecular flexibility index (Phi) is 5.69. The van der Waals surface area contributed by atoms with Gasteiger partial charge in [-0.2, -0.15) is 0 Å². The molecule has 40 heavy (non-hydrogen) atoms. The predicted octanol–water partition coefficient (Wildman–Crippen LogP) is 3.95. The van der Waals surface area contributed by atoms with Crippen LogP contribution in [0.15, 0.2) is 72.8 Å². The first-order valence-corrected chi connectivity index (χ1v) is 12.3. The van der Waals surface area contributed by atoms with E-state index in [0.29, 0.717) is 11.1 Å². The predicted molar refractivity (Wildman–Crippen MR) is 138 cm³/mol. The van der Waals surface area contributed by atoms with Gasteiger partial charge in [-0.05, 0) is 35.4 Å². The van der Waals surface area contributed by atoms with Crippen LogP contribution in [0.2, 0.25) is 0 Å². The highest BCUT2D eigenvalue weighted by Gasteiger charge is 2.54. The van der Waals surface area contributed by atoms with Crippen molar-refractivity contribution in [2.24, 2.45) is 11.8 Å². The van der Waals surface area contributed by atoms with Gasteiger partial charge in [-0.1, -0.05) is 24.3 Å². The van der Waals surface area contributed by atoms with E-state index in [1.165, 1.54) is 60.7 Å². The van der Waals surface area contributed by atoms with Gasteiger partial charge in [0.2, 0.25) is 0 Å². The molecular formula is C30H22O10. The number of aromatic hydroxyl groups is 6. The second-order valence-corrected chi connectivity index (χ2v) is 9.79. The van der Waals surface area contributed by atoms with E-state index in [-0.39, 0.29) is 57.1 Å². The molecule has 0 aliphatic carbocycles. The van der Waals surface area contributed by atoms with Gasteiger partial charge in [-0.3, -0.25) is 9.59 Å². The van der Waals surface area contributed by atoms with Crippen LogP contribution in [0.4, 0.5) is 0 Å². The number of hydrogen-bond acceptors (Lipinski definition) is 10. The molecule has 2 aliphatic rings. The third-order valence-electron chi connectivity index (χ3n) is 7.41. The van der Waals surface area contributed by atoms with Crippen LogP contribution in [0, 0.1) is 11.8 Å². The van der Waals surface area contributed by atoms with E-state index in [4.69, 9.17) is 9.47 Å². The number of hydrogen-bond donors (Lipinski definition) is 6. The molecule has 4 atom stereocenters. The first-order valence-electron chi connectivity index (χ1n) is 12.3. The number of fused-ring (bicyclic) bond motifs is 2. The molecule has 0 spiro atoms. The first kappa shape index (κ1) is 24.9. The number of rotatable bonds is 3. The average molecular weight is 542 g/mol. The minimum absolute atomic E-state index is 0.0495. The molecular weight excluding hydrogens is 520 g/mol. The summed E-state index contributed by atoms with van der Waals surface area (Å²) in [5.41, 5.74) is 1.15. The second-order valence-electron chi connectivity index (χ2n) is 9.79. The molecule has 0 saturated heterocycles. The van der Waals surface area contributed by atoms with Crippen molar-refractivity contribution in [3.63, 3.8) is 0 Å². The molecule has 2 aliphatic heterocycles. The van der Waals surface area contributed by atoms with E-state index in [0.717, 1.165) is 12.1 Å². The molecule has 4 aromatic carbocycles. The maximum absolute atomic E-state index is 13.8. The number of carbonyl (C=O) groups excluding carboxylic acids is 2. The summed E-state index contributed by atoms with van der Waals surface area (Å²) in [5, 5.41) is 61.8. The van der Waals surface area contributed by atoms with Crippen LogP contribution in [0.1, 0.15) is 34.1 Å². The lowest BCUT2D eigenvalue weighted by Crippen LogP contribution is -2.46. The Labute approximate surface area is 226 Å². The lowest BCUT2D eigenvalue weighted by Gasteiger charge is -2.41. The zero-order valence-electron chi connectivity index (χ0n) is 20.6. The first-order chi connectivity index (χ1) is 19.1. The van der Waals surface area contributed by atoms with E-state index in [9.17, 15) is 40.2 Å². The molecule has 4 aromatic rings. The SMILES string of the molecule is O=C1Oc2cc(O)cc(O)c2[C@@H](c2ccc(O)cc2)[C@@H]1[C@H]1C(=O)Oc2cc(O)cc(O)c2[C@H]1c1ccc(O)cc1. The fourth-order valence-corrected chi connectivity index (χ4v) is 5.79. The summed E-state index contributed by atoms with van der Waals surface area (Å²) in [6.07, 6.45) is 0. The van der Waals surface area contributed by atoms with Crippen molar-refractivity contribution < 1.29 is 49.7 Å². The van der Waals surface area contributed by atoms with Gasteiger partial charge in [0.15, 0.2) is 0 Å². The number of benzene rings is 4. The van der Waals surface area contributed by atoms with Crippen molar-refractivity contribution in [1.82, 2.24) is 0 Å². The summed E-state index contributed by atoms with van der Waals surface area (Å²) in [6.45, 7) is 0. The van der Waals surface area contributed by atoms with Crippen LogP contribution in [0.5, 0.6) is 46.0 Å². The van der Waals surface area contributed by atoms with Crippen molar-refractivity contribution in [2.45, 2.75) is 11.8 Å². The zero-order valence-corrected chi connectivity index (χ0v) is 20.6. The highest BCUT2D eigenvalue weighted by molar-refractivity contribution is 5.91. The number of phenolic OH excluding ortho intramolecular Hbond substituents is 6. The normalized spacial score (nSPS) is 21.6. The van der Waals surface area contributed by atoms with Gasteiger partial charge in [-0.25, -0.2) is 0 Å². The number of carbonyl (C=O) groups is 2. The summed E-state index contributed by atoms with van der Waals surface area (Å²) in [7, 11) is 0. The Balaban J connectivity index is 1.62. The monoisotopic (exact) mass is 542 g/mol. The van der Waals surface area contributed by atoms with Crippen LogP contribution in [0.25, 0.3) is 0 Å². The van der Waals surface area contributed by atoms with Gasteiger partial charge in [0.05, 0.1) is 11.8 Å². The van der Waals surface area contributed by atoms with E-state index >= 15 is 0 Å². The average Bonchev–Trinajstić information content (AvgIpc) is 2.88. The molecule has 0 saturated carbocycles. The topological polar surface area (TPSA) is 174 Å². The highest BCUT2D eigenvalue weighted by Crippen LogP contribution is 2.57. The van der Waals surface area contributed by atoms with Crippen LogP contribution >= 0.6 is 0 Å². The number of ether oxygens (including phenoxy) is 2. The molecule has 0 amide bonds. The quantitative estimate of drug-likeness (QED) is 0.164. The summed E-state index contributed by atoms with van der Waals surface area (Å²) in [4.78, 5) is 27.5. The fourth-order valence-electron chi connectivity index (χ4n) is 5.79. The summed E-state index contributed by atoms with van der Waals surface area (Å²) in [6, 6.07) is 16.2. The smallest absolute Gasteiger partial charge is 0.316 e. The van der Waals surface area contributed by atoms with Gasteiger partial charge in [0, 0.05) is 47.2 Å². The molecule has 10 heteroatoms. The minimum Gasteiger partial charge on any atom is -0.508 e. The summed E-state index contributed by atoms with van der Waals surface area (Å²) >= 11 is 0. The molecule has 6 rings (SSSR count). The third kappa shape index (κ3) is 3.97. The Morgan fingerprint density at radius 1 is 0.475 bits per heavy atom. The fraction of sp³-hybridized carbons (Fsp3) is 0.133. The zero-order chi connectivity index (χ0) is 28.3. The Morgan fingerprint density at radius 3 is 1.18 bits per heavy atom. The molecule has 0 fully saturated rings. The van der Waals surface area contributed by atoms with Crippen molar-refractivity contribution >= 4 is 11.9 Å². The lowest BCUT2D eigenvalue weighted by atomic mass is 9.65. The molecule has 202 valence electrons. The molecule has 0 radical (unpaired) electrons. The van der Waals surface area contributed by atoms with E-state index in [2.05, 4.69) is 0 Å². The molecule has 2 heterocycles. The Morgan fingerprint density at radius 2 is 0.825 bits per heavy atom. The largest absolute Gasteiger partial charge is 0.508 e. The molecule has 10 nitrogen and oxygen atoms in total. The van der Waals surface area contributed by atoms with Gasteiger partial charge in [0.25, 0.3) is 0 Å². The van der Waals surface area contributed by atoms with Crippen LogP contribution in [-0.2, 0) is 9.59 Å². The minimum atomic E-state index is -1.33. The highest BCUT2D eigenvalue weighted by atomic mass is 16.5. The van der Waals surface area contributed by atoms with Gasteiger partial charge in [-0.15, -0.1) is 0 Å². The summed E-state index contributed by atoms with van der Waals surface area (Å²) in [5.74, 6) is -8.18. The Hall–Kier alpha value is -5.38. The molecule has 0 aromatic heterocycles. The van der Waals surface area contributed by atoms with Crippen molar-refractivity contribution in [3.8, 4) is 46.0 Å². The van der Waals surface area contributed by atoms with E-state index < -0.39 is 35.6 Å². The van der Waals surface area contributed by atoms with Crippen LogP contribution < -0.4 is 9.47 Å². The Bertz CT molecular complexity index is 1530. The third-order valence-corrected chi connectivity index (χ3v) is 7.41. The summed E-state index contributed by atoms with van der Waals surface area (Å²) < 4.78 is 11.1. The molecule has 6 N–H and O–H groups in total. The van der Waals surface area contributed by atoms with Gasteiger partial charge in [0.1, 0.15) is 46.0 Å². The van der Waals surface area contributed by atoms with Gasteiger partial charge >= 0.3 is 11.9 Å². The molecule has 0 unspecified atom stereocenters. The number of esters is 2. The maximum atomic E-state index is 13.8. The molecule has 0 bridgehead atoms. The maximum Gasteiger partial charge on any atom is 0.316 e. The van der Waals surface area contributed by atoms with E-state index in [1.807, 2.05) is 0 Å². The lowest BCUT2D eigenvalue weighted by molar-refractivity contribution is -0.154. The van der Waals surface area contributed by atoms with Gasteiger partial charge < -0.3 is 40.1 Å². The van der Waals surface area contributed by atoms with Crippen molar-refractivity contribution in [1.29, 1.82) is 0 Å².